The Balaban J connectivity index is 2.00. The van der Waals surface area contributed by atoms with Crippen LogP contribution in [0.5, 0.6) is 0 Å². The Labute approximate surface area is 130 Å². The van der Waals surface area contributed by atoms with E-state index in [9.17, 15) is 0 Å². The van der Waals surface area contributed by atoms with Crippen molar-refractivity contribution in [3.63, 3.8) is 0 Å². The maximum Gasteiger partial charge on any atom is 0.0222 e. The average Bonchev–Trinajstić information content (AvgIpc) is 2.86. The predicted molar refractivity (Wildman–Crippen MR) is 91.6 cm³/mol. The molecule has 20 heavy (non-hydrogen) atoms. The van der Waals surface area contributed by atoms with E-state index in [2.05, 4.69) is 49.7 Å². The fourth-order valence-electron chi connectivity index (χ4n) is 4.09. The van der Waals surface area contributed by atoms with Crippen molar-refractivity contribution in [3.05, 3.63) is 0 Å². The largest absolute Gasteiger partial charge is 0.311 e. The number of hydrogen-bond donors (Lipinski definition) is 1. The molecule has 2 rings (SSSR count). The molecule has 3 heteroatoms. The van der Waals surface area contributed by atoms with Gasteiger partial charge in [0.05, 0.1) is 0 Å². The fraction of sp³-hybridized carbons (Fsp3) is 1.00. The van der Waals surface area contributed by atoms with E-state index in [1.807, 2.05) is 0 Å². The quantitative estimate of drug-likeness (QED) is 0.804. The Kier molecular flexibility index (Phi) is 6.70. The van der Waals surface area contributed by atoms with Crippen molar-refractivity contribution < 1.29 is 0 Å². The maximum absolute atomic E-state index is 3.80. The van der Waals surface area contributed by atoms with Gasteiger partial charge >= 0.3 is 0 Å². The summed E-state index contributed by atoms with van der Waals surface area (Å²) in [6.45, 7) is 11.9. The van der Waals surface area contributed by atoms with E-state index in [-0.39, 0.29) is 0 Å². The van der Waals surface area contributed by atoms with Crippen molar-refractivity contribution in [2.24, 2.45) is 5.92 Å². The van der Waals surface area contributed by atoms with Crippen molar-refractivity contribution in [3.8, 4) is 0 Å². The summed E-state index contributed by atoms with van der Waals surface area (Å²) in [5, 5.41) is 4.70. The lowest BCUT2D eigenvalue weighted by Gasteiger charge is -2.45. The lowest BCUT2D eigenvalue weighted by atomic mass is 9.97. The van der Waals surface area contributed by atoms with Crippen LogP contribution in [0, 0.1) is 5.92 Å². The molecule has 1 N–H and O–H groups in total. The van der Waals surface area contributed by atoms with Gasteiger partial charge < -0.3 is 5.32 Å². The van der Waals surface area contributed by atoms with Crippen LogP contribution in [-0.2, 0) is 0 Å². The molecule has 0 bridgehead atoms. The van der Waals surface area contributed by atoms with Gasteiger partial charge in [0.1, 0.15) is 0 Å². The molecule has 1 saturated carbocycles. The van der Waals surface area contributed by atoms with Gasteiger partial charge in [0, 0.05) is 36.5 Å². The van der Waals surface area contributed by atoms with E-state index < -0.39 is 0 Å². The summed E-state index contributed by atoms with van der Waals surface area (Å²) in [5.74, 6) is 2.08. The first-order chi connectivity index (χ1) is 9.65. The van der Waals surface area contributed by atoms with Crippen LogP contribution in [0.15, 0.2) is 0 Å². The van der Waals surface area contributed by atoms with Crippen LogP contribution >= 0.6 is 11.8 Å². The SMILES string of the molecule is CCSC1CCCC1N1CC(CC(C)C)NCC1CC. The fourth-order valence-corrected chi connectivity index (χ4v) is 5.37. The minimum atomic E-state index is 0.714. The van der Waals surface area contributed by atoms with Gasteiger partial charge in [-0.15, -0.1) is 0 Å². The van der Waals surface area contributed by atoms with Gasteiger partial charge in [-0.05, 0) is 37.4 Å². The van der Waals surface area contributed by atoms with Gasteiger partial charge in [0.15, 0.2) is 0 Å². The second-order valence-corrected chi connectivity index (χ2v) is 8.50. The van der Waals surface area contributed by atoms with Crippen LogP contribution in [0.4, 0.5) is 0 Å². The smallest absolute Gasteiger partial charge is 0.0222 e. The molecule has 2 fully saturated rings. The minimum absolute atomic E-state index is 0.714. The summed E-state index contributed by atoms with van der Waals surface area (Å²) in [6, 6.07) is 2.33. The van der Waals surface area contributed by atoms with Gasteiger partial charge in [0.2, 0.25) is 0 Å². The van der Waals surface area contributed by atoms with Gasteiger partial charge in [-0.25, -0.2) is 0 Å². The van der Waals surface area contributed by atoms with Crippen LogP contribution < -0.4 is 5.32 Å². The molecule has 0 amide bonds. The summed E-state index contributed by atoms with van der Waals surface area (Å²) in [4.78, 5) is 2.89. The summed E-state index contributed by atoms with van der Waals surface area (Å²) >= 11 is 2.21. The monoisotopic (exact) mass is 298 g/mol. The molecule has 4 unspecified atom stereocenters. The molecule has 1 heterocycles. The number of rotatable bonds is 6. The highest BCUT2D eigenvalue weighted by Crippen LogP contribution is 2.35. The normalized spacial score (nSPS) is 35.9. The summed E-state index contributed by atoms with van der Waals surface area (Å²) in [5.41, 5.74) is 0. The Morgan fingerprint density at radius 1 is 1.25 bits per heavy atom. The topological polar surface area (TPSA) is 15.3 Å². The van der Waals surface area contributed by atoms with Crippen molar-refractivity contribution in [1.82, 2.24) is 10.2 Å². The van der Waals surface area contributed by atoms with Crippen LogP contribution in [0.25, 0.3) is 0 Å². The lowest BCUT2D eigenvalue weighted by Crippen LogP contribution is -2.60. The first-order valence-electron chi connectivity index (χ1n) is 8.76. The highest BCUT2D eigenvalue weighted by molar-refractivity contribution is 7.99. The van der Waals surface area contributed by atoms with Crippen molar-refractivity contribution >= 4 is 11.8 Å². The molecule has 0 aromatic rings. The standard InChI is InChI=1S/C17H34N2S/c1-5-15-11-18-14(10-13(3)4)12-19(15)16-8-7-9-17(16)20-6-2/h13-18H,5-12H2,1-4H3. The summed E-state index contributed by atoms with van der Waals surface area (Å²) in [7, 11) is 0. The third-order valence-electron chi connectivity index (χ3n) is 4.99. The highest BCUT2D eigenvalue weighted by atomic mass is 32.2. The zero-order valence-corrected chi connectivity index (χ0v) is 14.7. The van der Waals surface area contributed by atoms with Crippen LogP contribution in [-0.4, -0.2) is 47.1 Å². The van der Waals surface area contributed by atoms with Gasteiger partial charge in [-0.3, -0.25) is 4.90 Å². The van der Waals surface area contributed by atoms with Crippen molar-refractivity contribution in [2.75, 3.05) is 18.8 Å². The van der Waals surface area contributed by atoms with E-state index >= 15 is 0 Å². The van der Waals surface area contributed by atoms with E-state index in [0.29, 0.717) is 6.04 Å². The average molecular weight is 299 g/mol. The number of hydrogen-bond acceptors (Lipinski definition) is 3. The lowest BCUT2D eigenvalue weighted by molar-refractivity contribution is 0.0776. The Hall–Kier alpha value is 0.270. The predicted octanol–water partition coefficient (Wildman–Crippen LogP) is 3.76. The molecule has 0 radical (unpaired) electrons. The van der Waals surface area contributed by atoms with E-state index in [1.165, 1.54) is 50.9 Å². The number of nitrogens with one attached hydrogen (secondary N) is 1. The van der Waals surface area contributed by atoms with Crippen molar-refractivity contribution in [1.29, 1.82) is 0 Å². The van der Waals surface area contributed by atoms with Crippen molar-refractivity contribution in [2.45, 2.75) is 83.2 Å². The van der Waals surface area contributed by atoms with E-state index in [4.69, 9.17) is 0 Å². The molecule has 0 aromatic heterocycles. The molecule has 0 aromatic carbocycles. The van der Waals surface area contributed by atoms with Crippen LogP contribution in [0.1, 0.15) is 59.8 Å². The zero-order chi connectivity index (χ0) is 14.5. The second kappa shape index (κ2) is 8.05. The first-order valence-corrected chi connectivity index (χ1v) is 9.81. The minimum Gasteiger partial charge on any atom is -0.311 e. The maximum atomic E-state index is 3.80. The molecule has 1 saturated heterocycles. The summed E-state index contributed by atoms with van der Waals surface area (Å²) in [6.07, 6.45) is 6.94. The van der Waals surface area contributed by atoms with Crippen LogP contribution in [0.2, 0.25) is 0 Å². The first kappa shape index (κ1) is 16.6. The Bertz CT molecular complexity index is 282. The number of thioether (sulfide) groups is 1. The Morgan fingerprint density at radius 2 is 2.05 bits per heavy atom. The Morgan fingerprint density at radius 3 is 2.70 bits per heavy atom. The molecule has 2 nitrogen and oxygen atoms in total. The molecule has 118 valence electrons. The van der Waals surface area contributed by atoms with Crippen LogP contribution in [0.3, 0.4) is 0 Å². The summed E-state index contributed by atoms with van der Waals surface area (Å²) < 4.78 is 0. The molecule has 4 atom stereocenters. The molecule has 2 aliphatic rings. The van der Waals surface area contributed by atoms with Gasteiger partial charge in [-0.2, -0.15) is 11.8 Å². The van der Waals surface area contributed by atoms with E-state index in [1.54, 1.807) is 0 Å². The van der Waals surface area contributed by atoms with E-state index in [0.717, 1.165) is 23.3 Å². The number of nitrogens with zero attached hydrogens (tertiary/aromatic N) is 1. The third kappa shape index (κ3) is 4.14. The zero-order valence-electron chi connectivity index (χ0n) is 13.9. The molecular formula is C17H34N2S. The van der Waals surface area contributed by atoms with Gasteiger partial charge in [-0.1, -0.05) is 34.1 Å². The molecule has 1 aliphatic carbocycles. The third-order valence-corrected chi connectivity index (χ3v) is 6.31. The highest BCUT2D eigenvalue weighted by Gasteiger charge is 2.38. The number of piperazine rings is 1. The molecule has 1 aliphatic heterocycles. The second-order valence-electron chi connectivity index (χ2n) is 6.99. The molecular weight excluding hydrogens is 264 g/mol. The van der Waals surface area contributed by atoms with Gasteiger partial charge in [0.25, 0.3) is 0 Å². The molecule has 0 spiro atoms.